The summed E-state index contributed by atoms with van der Waals surface area (Å²) in [7, 11) is 1.82. The number of rotatable bonds is 5. The monoisotopic (exact) mass is 260 g/mol. The van der Waals surface area contributed by atoms with Gasteiger partial charge in [-0.1, -0.05) is 6.07 Å². The molecule has 102 valence electrons. The molecule has 0 spiro atoms. The number of benzene rings is 1. The number of amides is 1. The van der Waals surface area contributed by atoms with Crippen molar-refractivity contribution in [2.75, 3.05) is 31.2 Å². The second kappa shape index (κ2) is 6.76. The maximum Gasteiger partial charge on any atom is 0.238 e. The van der Waals surface area contributed by atoms with Gasteiger partial charge in [-0.3, -0.25) is 9.69 Å². The van der Waals surface area contributed by atoms with Crippen LogP contribution in [0, 0.1) is 24.2 Å². The molecule has 0 aromatic heterocycles. The van der Waals surface area contributed by atoms with E-state index >= 15 is 0 Å². The molecule has 0 aliphatic rings. The van der Waals surface area contributed by atoms with Gasteiger partial charge in [-0.2, -0.15) is 5.26 Å². The topological polar surface area (TPSA) is 82.2 Å². The summed E-state index contributed by atoms with van der Waals surface area (Å²) in [5, 5.41) is 11.6. The van der Waals surface area contributed by atoms with Gasteiger partial charge in [0, 0.05) is 17.9 Å². The van der Waals surface area contributed by atoms with E-state index in [1.165, 1.54) is 0 Å². The van der Waals surface area contributed by atoms with E-state index in [1.54, 1.807) is 12.1 Å². The number of nitriles is 1. The Bertz CT molecular complexity index is 493. The Morgan fingerprint density at radius 3 is 2.89 bits per heavy atom. The Hall–Kier alpha value is -2.06. The molecule has 19 heavy (non-hydrogen) atoms. The van der Waals surface area contributed by atoms with E-state index in [4.69, 9.17) is 11.0 Å². The van der Waals surface area contributed by atoms with E-state index in [1.807, 2.05) is 31.9 Å². The number of hydrogen-bond acceptors (Lipinski definition) is 4. The number of carbonyl (C=O) groups is 1. The smallest absolute Gasteiger partial charge is 0.238 e. The lowest BCUT2D eigenvalue weighted by Gasteiger charge is -2.17. The van der Waals surface area contributed by atoms with Crippen LogP contribution in [0.25, 0.3) is 0 Å². The molecule has 1 rings (SSSR count). The SMILES string of the molecule is Cc1ccc(N)cc1NC(=O)CN(C)CC(C)C#N. The molecule has 0 heterocycles. The third-order valence-corrected chi connectivity index (χ3v) is 2.76. The number of nitrogen functional groups attached to an aromatic ring is 1. The fourth-order valence-electron chi connectivity index (χ4n) is 1.78. The van der Waals surface area contributed by atoms with Crippen molar-refractivity contribution in [1.82, 2.24) is 4.90 Å². The minimum absolute atomic E-state index is 0.0908. The molecule has 0 bridgehead atoms. The van der Waals surface area contributed by atoms with Crippen molar-refractivity contribution >= 4 is 17.3 Å². The molecule has 1 amide bonds. The molecule has 1 unspecified atom stereocenters. The molecule has 1 aromatic carbocycles. The number of aryl methyl sites for hydroxylation is 1. The number of hydrogen-bond donors (Lipinski definition) is 2. The number of carbonyl (C=O) groups excluding carboxylic acids is 1. The normalized spacial score (nSPS) is 11.9. The lowest BCUT2D eigenvalue weighted by molar-refractivity contribution is -0.117. The van der Waals surface area contributed by atoms with Crippen LogP contribution in [0.4, 0.5) is 11.4 Å². The van der Waals surface area contributed by atoms with Crippen molar-refractivity contribution in [3.63, 3.8) is 0 Å². The summed E-state index contributed by atoms with van der Waals surface area (Å²) in [5.41, 5.74) is 8.01. The highest BCUT2D eigenvalue weighted by Crippen LogP contribution is 2.17. The summed E-state index contributed by atoms with van der Waals surface area (Å²) < 4.78 is 0. The largest absolute Gasteiger partial charge is 0.399 e. The van der Waals surface area contributed by atoms with Gasteiger partial charge in [0.15, 0.2) is 0 Å². The van der Waals surface area contributed by atoms with Crippen LogP contribution in [0.15, 0.2) is 18.2 Å². The average molecular weight is 260 g/mol. The van der Waals surface area contributed by atoms with Gasteiger partial charge in [0.2, 0.25) is 5.91 Å². The first-order chi connectivity index (χ1) is 8.92. The van der Waals surface area contributed by atoms with E-state index in [0.717, 1.165) is 11.3 Å². The van der Waals surface area contributed by atoms with Crippen molar-refractivity contribution in [3.05, 3.63) is 23.8 Å². The molecular formula is C14H20N4O. The molecule has 0 aliphatic heterocycles. The predicted octanol–water partition coefficient (Wildman–Crippen LogP) is 1.61. The average Bonchev–Trinajstić information content (AvgIpc) is 2.33. The quantitative estimate of drug-likeness (QED) is 0.788. The Morgan fingerprint density at radius 1 is 1.58 bits per heavy atom. The van der Waals surface area contributed by atoms with Crippen molar-refractivity contribution in [2.24, 2.45) is 5.92 Å². The summed E-state index contributed by atoms with van der Waals surface area (Å²) >= 11 is 0. The van der Waals surface area contributed by atoms with Crippen molar-refractivity contribution < 1.29 is 4.79 Å². The van der Waals surface area contributed by atoms with Crippen LogP contribution < -0.4 is 11.1 Å². The van der Waals surface area contributed by atoms with Crippen LogP contribution in [0.2, 0.25) is 0 Å². The molecule has 5 nitrogen and oxygen atoms in total. The number of nitrogens with two attached hydrogens (primary N) is 1. The van der Waals surface area contributed by atoms with E-state index in [0.29, 0.717) is 12.2 Å². The van der Waals surface area contributed by atoms with Gasteiger partial charge in [0.25, 0.3) is 0 Å². The summed E-state index contributed by atoms with van der Waals surface area (Å²) in [4.78, 5) is 13.7. The van der Waals surface area contributed by atoms with Crippen LogP contribution in [0.3, 0.4) is 0 Å². The van der Waals surface area contributed by atoms with E-state index in [-0.39, 0.29) is 18.4 Å². The second-order valence-electron chi connectivity index (χ2n) is 4.85. The minimum atomic E-state index is -0.110. The van der Waals surface area contributed by atoms with E-state index in [9.17, 15) is 4.79 Å². The van der Waals surface area contributed by atoms with Gasteiger partial charge >= 0.3 is 0 Å². The van der Waals surface area contributed by atoms with Gasteiger partial charge in [0.1, 0.15) is 0 Å². The highest BCUT2D eigenvalue weighted by Gasteiger charge is 2.11. The molecule has 0 aliphatic carbocycles. The zero-order valence-electron chi connectivity index (χ0n) is 11.6. The van der Waals surface area contributed by atoms with Gasteiger partial charge in [0.05, 0.1) is 18.5 Å². The maximum absolute atomic E-state index is 11.9. The van der Waals surface area contributed by atoms with Crippen molar-refractivity contribution in [3.8, 4) is 6.07 Å². The standard InChI is InChI=1S/C14H20N4O/c1-10(7-15)8-18(3)9-14(19)17-13-6-12(16)5-4-11(13)2/h4-6,10H,8-9,16H2,1-3H3,(H,17,19). The first-order valence-electron chi connectivity index (χ1n) is 6.16. The van der Waals surface area contributed by atoms with Crippen LogP contribution in [0.1, 0.15) is 12.5 Å². The molecule has 1 aromatic rings. The third-order valence-electron chi connectivity index (χ3n) is 2.76. The number of nitrogens with zero attached hydrogens (tertiary/aromatic N) is 2. The summed E-state index contributed by atoms with van der Waals surface area (Å²) in [6.07, 6.45) is 0. The molecule has 0 saturated carbocycles. The maximum atomic E-state index is 11.9. The Balaban J connectivity index is 2.56. The van der Waals surface area contributed by atoms with Crippen LogP contribution in [-0.2, 0) is 4.79 Å². The first-order valence-corrected chi connectivity index (χ1v) is 6.16. The summed E-state index contributed by atoms with van der Waals surface area (Å²) in [6, 6.07) is 7.55. The predicted molar refractivity (Wildman–Crippen MR) is 76.5 cm³/mol. The highest BCUT2D eigenvalue weighted by molar-refractivity contribution is 5.93. The minimum Gasteiger partial charge on any atom is -0.399 e. The molecule has 3 N–H and O–H groups in total. The number of anilines is 2. The van der Waals surface area contributed by atoms with E-state index < -0.39 is 0 Å². The molecule has 5 heteroatoms. The molecule has 0 fully saturated rings. The number of likely N-dealkylation sites (N-methyl/N-ethyl adjacent to an activating group) is 1. The molecular weight excluding hydrogens is 240 g/mol. The molecule has 0 radical (unpaired) electrons. The number of nitrogens with one attached hydrogen (secondary N) is 1. The van der Waals surface area contributed by atoms with E-state index in [2.05, 4.69) is 11.4 Å². The summed E-state index contributed by atoms with van der Waals surface area (Å²) in [5.74, 6) is -0.201. The van der Waals surface area contributed by atoms with Crippen LogP contribution in [-0.4, -0.2) is 30.9 Å². The fraction of sp³-hybridized carbons (Fsp3) is 0.429. The van der Waals surface area contributed by atoms with Crippen molar-refractivity contribution in [1.29, 1.82) is 5.26 Å². The van der Waals surface area contributed by atoms with Gasteiger partial charge in [-0.05, 0) is 38.6 Å². The Morgan fingerprint density at radius 2 is 2.26 bits per heavy atom. The van der Waals surface area contributed by atoms with Gasteiger partial charge in [-0.25, -0.2) is 0 Å². The fourth-order valence-corrected chi connectivity index (χ4v) is 1.78. The highest BCUT2D eigenvalue weighted by atomic mass is 16.2. The van der Waals surface area contributed by atoms with Crippen molar-refractivity contribution in [2.45, 2.75) is 13.8 Å². The van der Waals surface area contributed by atoms with Gasteiger partial charge < -0.3 is 11.1 Å². The van der Waals surface area contributed by atoms with Gasteiger partial charge in [-0.15, -0.1) is 0 Å². The third kappa shape index (κ3) is 4.98. The molecule has 0 saturated heterocycles. The first kappa shape index (κ1) is 15.0. The van der Waals surface area contributed by atoms with Crippen LogP contribution in [0.5, 0.6) is 0 Å². The summed E-state index contributed by atoms with van der Waals surface area (Å²) in [6.45, 7) is 4.56. The lowest BCUT2D eigenvalue weighted by atomic mass is 10.2. The Labute approximate surface area is 114 Å². The molecule has 1 atom stereocenters. The lowest BCUT2D eigenvalue weighted by Crippen LogP contribution is -2.33. The van der Waals surface area contributed by atoms with Crippen LogP contribution >= 0.6 is 0 Å². The zero-order chi connectivity index (χ0) is 14.4. The zero-order valence-corrected chi connectivity index (χ0v) is 11.6. The second-order valence-corrected chi connectivity index (χ2v) is 4.85. The Kier molecular flexibility index (Phi) is 5.34.